The maximum absolute atomic E-state index is 9.36. The molecule has 0 spiro atoms. The molecule has 1 aromatic carbocycles. The van der Waals surface area contributed by atoms with Gasteiger partial charge in [0.1, 0.15) is 0 Å². The van der Waals surface area contributed by atoms with Crippen molar-refractivity contribution in [1.29, 1.82) is 0 Å². The van der Waals surface area contributed by atoms with Crippen LogP contribution in [0.1, 0.15) is 42.8 Å². The highest BCUT2D eigenvalue weighted by molar-refractivity contribution is 6.03. The topological polar surface area (TPSA) is 37.5 Å². The standard InChI is InChI=1S/C18H22N2O/c1-12-5-7-14(8-6-12)20-13(2)9-15-16(19-21)10-18(3,4)11-17(15)20/h5-9,21H,10-11H2,1-4H3/b19-16-. The Bertz CT molecular complexity index is 706. The lowest BCUT2D eigenvalue weighted by atomic mass is 9.76. The van der Waals surface area contributed by atoms with Crippen LogP contribution in [0.25, 0.3) is 5.69 Å². The van der Waals surface area contributed by atoms with E-state index in [1.807, 2.05) is 0 Å². The second-order valence-electron chi connectivity index (χ2n) is 6.88. The number of hydrogen-bond donors (Lipinski definition) is 1. The van der Waals surface area contributed by atoms with E-state index in [-0.39, 0.29) is 5.41 Å². The van der Waals surface area contributed by atoms with Crippen LogP contribution in [0.15, 0.2) is 35.5 Å². The lowest BCUT2D eigenvalue weighted by Crippen LogP contribution is -2.28. The summed E-state index contributed by atoms with van der Waals surface area (Å²) in [5, 5.41) is 12.9. The van der Waals surface area contributed by atoms with Crippen molar-refractivity contribution in [2.24, 2.45) is 10.6 Å². The minimum absolute atomic E-state index is 0.113. The Hall–Kier alpha value is -2.03. The van der Waals surface area contributed by atoms with Gasteiger partial charge in [-0.15, -0.1) is 0 Å². The SMILES string of the molecule is Cc1ccc(-n2c(C)cc3c2CC(C)(C)C/C3=N/O)cc1. The van der Waals surface area contributed by atoms with Crippen LogP contribution in [0.5, 0.6) is 0 Å². The van der Waals surface area contributed by atoms with Gasteiger partial charge in [0, 0.05) is 22.6 Å². The van der Waals surface area contributed by atoms with Crippen LogP contribution < -0.4 is 0 Å². The van der Waals surface area contributed by atoms with E-state index in [2.05, 4.69) is 67.7 Å². The Morgan fingerprint density at radius 1 is 1.10 bits per heavy atom. The molecular weight excluding hydrogens is 260 g/mol. The molecule has 0 saturated heterocycles. The van der Waals surface area contributed by atoms with Gasteiger partial charge in [-0.3, -0.25) is 0 Å². The van der Waals surface area contributed by atoms with Gasteiger partial charge in [-0.25, -0.2) is 0 Å². The molecule has 1 heterocycles. The van der Waals surface area contributed by atoms with Gasteiger partial charge in [0.05, 0.1) is 5.71 Å². The first-order valence-electron chi connectivity index (χ1n) is 7.41. The van der Waals surface area contributed by atoms with E-state index in [0.29, 0.717) is 0 Å². The van der Waals surface area contributed by atoms with Crippen LogP contribution in [0.4, 0.5) is 0 Å². The fourth-order valence-electron chi connectivity index (χ4n) is 3.32. The lowest BCUT2D eigenvalue weighted by Gasteiger charge is -2.31. The molecule has 21 heavy (non-hydrogen) atoms. The molecular formula is C18H22N2O. The van der Waals surface area contributed by atoms with E-state index < -0.39 is 0 Å². The molecule has 0 unspecified atom stereocenters. The normalized spacial score (nSPS) is 18.8. The number of fused-ring (bicyclic) bond motifs is 1. The predicted octanol–water partition coefficient (Wildman–Crippen LogP) is 4.24. The molecule has 0 amide bonds. The Balaban J connectivity index is 2.20. The Morgan fingerprint density at radius 3 is 2.38 bits per heavy atom. The van der Waals surface area contributed by atoms with Crippen LogP contribution in [-0.4, -0.2) is 15.5 Å². The monoisotopic (exact) mass is 282 g/mol. The van der Waals surface area contributed by atoms with Gasteiger partial charge >= 0.3 is 0 Å². The van der Waals surface area contributed by atoms with Gasteiger partial charge in [-0.2, -0.15) is 0 Å². The minimum Gasteiger partial charge on any atom is -0.411 e. The summed E-state index contributed by atoms with van der Waals surface area (Å²) in [4.78, 5) is 0. The molecule has 0 bridgehead atoms. The average Bonchev–Trinajstić information content (AvgIpc) is 2.74. The first-order valence-corrected chi connectivity index (χ1v) is 7.41. The molecule has 3 rings (SSSR count). The number of aromatic nitrogens is 1. The number of rotatable bonds is 1. The van der Waals surface area contributed by atoms with Crippen LogP contribution in [0.3, 0.4) is 0 Å². The third kappa shape index (κ3) is 2.37. The van der Waals surface area contributed by atoms with Crippen molar-refractivity contribution in [3.8, 4) is 5.69 Å². The summed E-state index contributed by atoms with van der Waals surface area (Å²) in [6, 6.07) is 10.7. The van der Waals surface area contributed by atoms with Crippen molar-refractivity contribution >= 4 is 5.71 Å². The molecule has 1 aliphatic rings. The summed E-state index contributed by atoms with van der Waals surface area (Å²) in [5.41, 5.74) is 6.87. The van der Waals surface area contributed by atoms with Crippen LogP contribution in [0.2, 0.25) is 0 Å². The molecule has 3 heteroatoms. The first kappa shape index (κ1) is 13.9. The summed E-state index contributed by atoms with van der Waals surface area (Å²) in [5.74, 6) is 0. The molecule has 3 nitrogen and oxygen atoms in total. The molecule has 1 aromatic heterocycles. The predicted molar refractivity (Wildman–Crippen MR) is 85.7 cm³/mol. The summed E-state index contributed by atoms with van der Waals surface area (Å²) in [7, 11) is 0. The van der Waals surface area contributed by atoms with Crippen LogP contribution >= 0.6 is 0 Å². The van der Waals surface area contributed by atoms with Crippen molar-refractivity contribution in [2.75, 3.05) is 0 Å². The smallest absolute Gasteiger partial charge is 0.0891 e. The van der Waals surface area contributed by atoms with Gasteiger partial charge in [-0.1, -0.05) is 36.7 Å². The largest absolute Gasteiger partial charge is 0.411 e. The van der Waals surface area contributed by atoms with E-state index in [1.165, 1.54) is 22.6 Å². The van der Waals surface area contributed by atoms with Crippen molar-refractivity contribution in [3.05, 3.63) is 52.8 Å². The molecule has 0 aliphatic heterocycles. The molecule has 0 radical (unpaired) electrons. The molecule has 2 aromatic rings. The van der Waals surface area contributed by atoms with Gasteiger partial charge in [0.15, 0.2) is 0 Å². The zero-order chi connectivity index (χ0) is 15.2. The zero-order valence-electron chi connectivity index (χ0n) is 13.1. The fraction of sp³-hybridized carbons (Fsp3) is 0.389. The Labute approximate surface area is 125 Å². The zero-order valence-corrected chi connectivity index (χ0v) is 13.1. The average molecular weight is 282 g/mol. The molecule has 0 fully saturated rings. The Kier molecular flexibility index (Phi) is 3.16. The molecule has 110 valence electrons. The van der Waals surface area contributed by atoms with Crippen molar-refractivity contribution in [1.82, 2.24) is 4.57 Å². The fourth-order valence-corrected chi connectivity index (χ4v) is 3.32. The number of aryl methyl sites for hydroxylation is 2. The summed E-state index contributed by atoms with van der Waals surface area (Å²) in [6.45, 7) is 8.66. The minimum atomic E-state index is 0.113. The Morgan fingerprint density at radius 2 is 1.76 bits per heavy atom. The third-order valence-electron chi connectivity index (χ3n) is 4.30. The number of oxime groups is 1. The van der Waals surface area contributed by atoms with Crippen LogP contribution in [0, 0.1) is 19.3 Å². The summed E-state index contributed by atoms with van der Waals surface area (Å²) in [6.07, 6.45) is 1.80. The van der Waals surface area contributed by atoms with Crippen LogP contribution in [-0.2, 0) is 6.42 Å². The van der Waals surface area contributed by atoms with Crippen molar-refractivity contribution < 1.29 is 5.21 Å². The summed E-state index contributed by atoms with van der Waals surface area (Å²) < 4.78 is 2.29. The highest BCUT2D eigenvalue weighted by Gasteiger charge is 2.33. The van der Waals surface area contributed by atoms with Gasteiger partial charge in [0.25, 0.3) is 0 Å². The van der Waals surface area contributed by atoms with E-state index in [9.17, 15) is 5.21 Å². The maximum atomic E-state index is 9.36. The van der Waals surface area contributed by atoms with E-state index in [1.54, 1.807) is 0 Å². The highest BCUT2D eigenvalue weighted by Crippen LogP contribution is 2.37. The van der Waals surface area contributed by atoms with Gasteiger partial charge in [-0.05, 0) is 50.3 Å². The van der Waals surface area contributed by atoms with Gasteiger partial charge < -0.3 is 9.77 Å². The summed E-state index contributed by atoms with van der Waals surface area (Å²) >= 11 is 0. The maximum Gasteiger partial charge on any atom is 0.0891 e. The lowest BCUT2D eigenvalue weighted by molar-refractivity contribution is 0.305. The molecule has 1 N–H and O–H groups in total. The second-order valence-corrected chi connectivity index (χ2v) is 6.88. The molecule has 1 aliphatic carbocycles. The number of nitrogens with zero attached hydrogens (tertiary/aromatic N) is 2. The van der Waals surface area contributed by atoms with E-state index in [0.717, 1.165) is 24.1 Å². The first-order chi connectivity index (χ1) is 9.91. The third-order valence-corrected chi connectivity index (χ3v) is 4.30. The number of benzene rings is 1. The van der Waals surface area contributed by atoms with Gasteiger partial charge in [0.2, 0.25) is 0 Å². The van der Waals surface area contributed by atoms with Crippen molar-refractivity contribution in [2.45, 2.75) is 40.5 Å². The second kappa shape index (κ2) is 4.76. The van der Waals surface area contributed by atoms with E-state index >= 15 is 0 Å². The quantitative estimate of drug-likeness (QED) is 0.616. The van der Waals surface area contributed by atoms with Crippen molar-refractivity contribution in [3.63, 3.8) is 0 Å². The molecule has 0 atom stereocenters. The molecule has 0 saturated carbocycles. The highest BCUT2D eigenvalue weighted by atomic mass is 16.4. The number of hydrogen-bond acceptors (Lipinski definition) is 2. The van der Waals surface area contributed by atoms with E-state index in [4.69, 9.17) is 0 Å².